The van der Waals surface area contributed by atoms with Crippen LogP contribution in [0.3, 0.4) is 0 Å². The number of nitrogens with one attached hydrogen (secondary N) is 3. The number of quaternary nitrogens is 1. The average Bonchev–Trinajstić information content (AvgIpc) is 2.61. The molecule has 0 aromatic heterocycles. The van der Waals surface area contributed by atoms with Crippen molar-refractivity contribution in [3.05, 3.63) is 48.5 Å². The second-order valence-corrected chi connectivity index (χ2v) is 8.45. The van der Waals surface area contributed by atoms with E-state index < -0.39 is 9.84 Å². The lowest BCUT2D eigenvalue weighted by Gasteiger charge is -2.14. The predicted octanol–water partition coefficient (Wildman–Crippen LogP) is 0.191. The van der Waals surface area contributed by atoms with Crippen LogP contribution in [0, 0.1) is 0 Å². The number of carbonyl (C=O) groups excluding carboxylic acids is 2. The third kappa shape index (κ3) is 6.67. The normalized spacial score (nSPS) is 12.1. The summed E-state index contributed by atoms with van der Waals surface area (Å²) in [7, 11) is -0.0654. The van der Waals surface area contributed by atoms with Gasteiger partial charge in [0, 0.05) is 17.6 Å². The molecule has 0 bridgehead atoms. The molecule has 0 aliphatic heterocycles. The fraction of sp³-hybridized carbons (Fsp3) is 0.263. The first-order valence-electron chi connectivity index (χ1n) is 8.52. The van der Waals surface area contributed by atoms with Gasteiger partial charge in [0.05, 0.1) is 19.1 Å². The van der Waals surface area contributed by atoms with E-state index in [2.05, 4.69) is 10.6 Å². The number of benzene rings is 2. The Morgan fingerprint density at radius 2 is 1.54 bits per heavy atom. The van der Waals surface area contributed by atoms with Crippen molar-refractivity contribution in [1.29, 1.82) is 0 Å². The highest BCUT2D eigenvalue weighted by Gasteiger charge is 2.15. The van der Waals surface area contributed by atoms with Gasteiger partial charge < -0.3 is 20.3 Å². The quantitative estimate of drug-likeness (QED) is 0.580. The Kier molecular flexibility index (Phi) is 7.13. The molecule has 0 spiro atoms. The van der Waals surface area contributed by atoms with Gasteiger partial charge in [0.1, 0.15) is 5.75 Å². The van der Waals surface area contributed by atoms with Crippen molar-refractivity contribution >= 4 is 33.0 Å². The highest BCUT2D eigenvalue weighted by atomic mass is 32.2. The monoisotopic (exact) mass is 406 g/mol. The summed E-state index contributed by atoms with van der Waals surface area (Å²) in [6, 6.07) is 13.0. The Morgan fingerprint density at radius 1 is 0.964 bits per heavy atom. The molecule has 2 aromatic carbocycles. The molecule has 0 radical (unpaired) electrons. The van der Waals surface area contributed by atoms with Gasteiger partial charge in [-0.1, -0.05) is 6.07 Å². The summed E-state index contributed by atoms with van der Waals surface area (Å²) in [6.07, 6.45) is 1.10. The van der Waals surface area contributed by atoms with Crippen LogP contribution in [0.15, 0.2) is 53.4 Å². The molecule has 2 rings (SSSR count). The van der Waals surface area contributed by atoms with E-state index in [0.717, 1.165) is 6.26 Å². The Labute approximate surface area is 164 Å². The van der Waals surface area contributed by atoms with E-state index in [1.807, 2.05) is 0 Å². The minimum Gasteiger partial charge on any atom is -0.497 e. The second kappa shape index (κ2) is 9.34. The van der Waals surface area contributed by atoms with Crippen molar-refractivity contribution in [2.75, 3.05) is 44.1 Å². The molecule has 1 unspecified atom stereocenters. The summed E-state index contributed by atoms with van der Waals surface area (Å²) < 4.78 is 28.2. The number of methoxy groups -OCH3 is 1. The maximum absolute atomic E-state index is 12.2. The molecule has 9 heteroatoms. The van der Waals surface area contributed by atoms with E-state index in [-0.39, 0.29) is 29.8 Å². The first-order valence-corrected chi connectivity index (χ1v) is 10.4. The fourth-order valence-corrected chi connectivity index (χ4v) is 3.17. The molecule has 0 aliphatic carbocycles. The number of carbonyl (C=O) groups is 2. The summed E-state index contributed by atoms with van der Waals surface area (Å²) in [6.45, 7) is 0.155. The van der Waals surface area contributed by atoms with E-state index in [1.54, 1.807) is 50.6 Å². The number of sulfone groups is 1. The number of hydrogen-bond donors (Lipinski definition) is 3. The van der Waals surface area contributed by atoms with E-state index in [0.29, 0.717) is 22.0 Å². The molecule has 0 fully saturated rings. The molecular formula is C19H24N3O5S+. The first-order chi connectivity index (χ1) is 13.2. The summed E-state index contributed by atoms with van der Waals surface area (Å²) in [5.74, 6) is 0.146. The molecule has 0 saturated heterocycles. The van der Waals surface area contributed by atoms with Crippen LogP contribution in [-0.4, -0.2) is 53.7 Å². The van der Waals surface area contributed by atoms with Crippen LogP contribution in [0.5, 0.6) is 5.75 Å². The van der Waals surface area contributed by atoms with Crippen molar-refractivity contribution < 1.29 is 27.6 Å². The topological polar surface area (TPSA) is 106 Å². The van der Waals surface area contributed by atoms with Gasteiger partial charge in [0.15, 0.2) is 22.9 Å². The van der Waals surface area contributed by atoms with Crippen LogP contribution in [0.4, 0.5) is 11.4 Å². The lowest BCUT2D eigenvalue weighted by atomic mass is 10.3. The Bertz CT molecular complexity index is 942. The number of hydrogen-bond acceptors (Lipinski definition) is 5. The number of ether oxygens (including phenoxy) is 1. The summed E-state index contributed by atoms with van der Waals surface area (Å²) in [4.78, 5) is 25.1. The van der Waals surface area contributed by atoms with Gasteiger partial charge in [0.25, 0.3) is 11.8 Å². The Hall–Kier alpha value is -2.91. The van der Waals surface area contributed by atoms with Crippen molar-refractivity contribution in [1.82, 2.24) is 0 Å². The molecule has 0 saturated carbocycles. The fourth-order valence-electron chi connectivity index (χ4n) is 2.50. The van der Waals surface area contributed by atoms with Crippen molar-refractivity contribution in [3.8, 4) is 5.75 Å². The zero-order valence-electron chi connectivity index (χ0n) is 16.0. The van der Waals surface area contributed by atoms with Crippen LogP contribution >= 0.6 is 0 Å². The summed E-state index contributed by atoms with van der Waals surface area (Å²) >= 11 is 0. The van der Waals surface area contributed by atoms with Gasteiger partial charge in [-0.25, -0.2) is 8.42 Å². The lowest BCUT2D eigenvalue weighted by molar-refractivity contribution is -0.862. The molecule has 8 nitrogen and oxygen atoms in total. The van der Waals surface area contributed by atoms with E-state index in [1.165, 1.54) is 12.1 Å². The van der Waals surface area contributed by atoms with Gasteiger partial charge in [-0.3, -0.25) is 9.59 Å². The molecule has 1 atom stereocenters. The molecule has 2 amide bonds. The molecule has 2 aromatic rings. The Balaban J connectivity index is 1.85. The maximum atomic E-state index is 12.2. The molecule has 150 valence electrons. The van der Waals surface area contributed by atoms with Crippen molar-refractivity contribution in [2.45, 2.75) is 4.90 Å². The van der Waals surface area contributed by atoms with Gasteiger partial charge in [-0.05, 0) is 42.5 Å². The maximum Gasteiger partial charge on any atom is 0.279 e. The van der Waals surface area contributed by atoms with Crippen molar-refractivity contribution in [2.24, 2.45) is 0 Å². The summed E-state index contributed by atoms with van der Waals surface area (Å²) in [5.41, 5.74) is 1.03. The van der Waals surface area contributed by atoms with Gasteiger partial charge in [-0.2, -0.15) is 0 Å². The van der Waals surface area contributed by atoms with Crippen LogP contribution in [0.25, 0.3) is 0 Å². The van der Waals surface area contributed by atoms with Gasteiger partial charge in [-0.15, -0.1) is 0 Å². The number of likely N-dealkylation sites (N-methyl/N-ethyl adjacent to an activating group) is 1. The zero-order valence-corrected chi connectivity index (χ0v) is 16.8. The van der Waals surface area contributed by atoms with Crippen LogP contribution in [-0.2, 0) is 19.4 Å². The standard InChI is InChI=1S/C19H23N3O5S/c1-22(12-18(23)20-14-7-9-16(27-2)10-8-14)13-19(24)21-15-5-4-6-17(11-15)28(3,25)26/h4-11H,12-13H2,1-3H3,(H,20,23)(H,21,24)/p+1. The highest BCUT2D eigenvalue weighted by molar-refractivity contribution is 7.90. The van der Waals surface area contributed by atoms with Crippen LogP contribution < -0.4 is 20.3 Å². The zero-order chi connectivity index (χ0) is 20.7. The molecule has 28 heavy (non-hydrogen) atoms. The number of amides is 2. The van der Waals surface area contributed by atoms with Crippen molar-refractivity contribution in [3.63, 3.8) is 0 Å². The third-order valence-corrected chi connectivity index (χ3v) is 4.95. The first kappa shape index (κ1) is 21.4. The number of rotatable bonds is 8. The number of anilines is 2. The smallest absolute Gasteiger partial charge is 0.279 e. The second-order valence-electron chi connectivity index (χ2n) is 6.44. The Morgan fingerprint density at radius 3 is 2.07 bits per heavy atom. The molecule has 0 aliphatic rings. The third-order valence-electron chi connectivity index (χ3n) is 3.84. The predicted molar refractivity (Wildman–Crippen MR) is 106 cm³/mol. The molecule has 0 heterocycles. The molecule has 3 N–H and O–H groups in total. The van der Waals surface area contributed by atoms with Crippen LogP contribution in [0.2, 0.25) is 0 Å². The average molecular weight is 406 g/mol. The van der Waals surface area contributed by atoms with Gasteiger partial charge >= 0.3 is 0 Å². The van der Waals surface area contributed by atoms with Crippen LogP contribution in [0.1, 0.15) is 0 Å². The largest absolute Gasteiger partial charge is 0.497 e. The SMILES string of the molecule is COc1ccc(NC(=O)C[NH+](C)CC(=O)Nc2cccc(S(C)(=O)=O)c2)cc1. The minimum atomic E-state index is -3.35. The highest BCUT2D eigenvalue weighted by Crippen LogP contribution is 2.15. The summed E-state index contributed by atoms with van der Waals surface area (Å²) in [5, 5.41) is 5.41. The van der Waals surface area contributed by atoms with E-state index in [9.17, 15) is 18.0 Å². The minimum absolute atomic E-state index is 0.0547. The van der Waals surface area contributed by atoms with Gasteiger partial charge in [0.2, 0.25) is 0 Å². The lowest BCUT2D eigenvalue weighted by Crippen LogP contribution is -3.11. The van der Waals surface area contributed by atoms with E-state index in [4.69, 9.17) is 4.74 Å². The molecular weight excluding hydrogens is 382 g/mol. The van der Waals surface area contributed by atoms with E-state index >= 15 is 0 Å².